The van der Waals surface area contributed by atoms with Crippen molar-refractivity contribution in [2.45, 2.75) is 20.0 Å². The lowest BCUT2D eigenvalue weighted by atomic mass is 10.00. The number of hydrogen-bond acceptors (Lipinski definition) is 4. The molecule has 0 saturated heterocycles. The van der Waals surface area contributed by atoms with Crippen molar-refractivity contribution in [3.8, 4) is 11.1 Å². The average molecular weight is 748 g/mol. The van der Waals surface area contributed by atoms with Crippen molar-refractivity contribution >= 4 is 66.9 Å². The van der Waals surface area contributed by atoms with E-state index in [0.29, 0.717) is 35.3 Å². The molecule has 7 aromatic rings. The highest BCUT2D eigenvalue weighted by Gasteiger charge is 2.12. The van der Waals surface area contributed by atoms with Crippen molar-refractivity contribution < 1.29 is 18.3 Å². The third-order valence-electron chi connectivity index (χ3n) is 7.36. The monoisotopic (exact) mass is 746 g/mol. The van der Waals surface area contributed by atoms with Crippen LogP contribution in [0.15, 0.2) is 114 Å². The minimum absolute atomic E-state index is 0.329. The summed E-state index contributed by atoms with van der Waals surface area (Å²) in [5.41, 5.74) is 5.58. The summed E-state index contributed by atoms with van der Waals surface area (Å²) in [4.78, 5) is 12.1. The van der Waals surface area contributed by atoms with Gasteiger partial charge in [-0.2, -0.15) is 10.2 Å². The number of fused-ring (bicyclic) bond motifs is 2. The van der Waals surface area contributed by atoms with E-state index in [-0.39, 0.29) is 17.6 Å². The Morgan fingerprint density at radius 1 is 0.750 bits per heavy atom. The van der Waals surface area contributed by atoms with Gasteiger partial charge in [-0.15, -0.1) is 0 Å². The zero-order valence-corrected chi connectivity index (χ0v) is 28.6. The molecule has 242 valence electrons. The number of carbonyl (C=O) groups excluding carboxylic acids is 1. The summed E-state index contributed by atoms with van der Waals surface area (Å²) in [7, 11) is 0. The maximum Gasteiger partial charge on any atom is 0.338 e. The van der Waals surface area contributed by atoms with Crippen molar-refractivity contribution in [1.29, 1.82) is 0 Å². The summed E-state index contributed by atoms with van der Waals surface area (Å²) < 4.78 is 36.5. The van der Waals surface area contributed by atoms with Crippen LogP contribution >= 0.6 is 39.1 Å². The molecule has 0 fully saturated rings. The zero-order valence-electron chi connectivity index (χ0n) is 25.5. The molecule has 11 heteroatoms. The van der Waals surface area contributed by atoms with Gasteiger partial charge in [0, 0.05) is 37.7 Å². The third-order valence-corrected chi connectivity index (χ3v) is 8.49. The molecule has 0 aliphatic carbocycles. The second-order valence-electron chi connectivity index (χ2n) is 10.9. The molecule has 0 radical (unpaired) electrons. The fraction of sp³-hybridized carbons (Fsp3) is 0.108. The number of ether oxygens (including phenoxy) is 1. The molecule has 0 amide bonds. The van der Waals surface area contributed by atoms with Gasteiger partial charge in [-0.3, -0.25) is 9.36 Å². The van der Waals surface area contributed by atoms with Gasteiger partial charge >= 0.3 is 5.97 Å². The van der Waals surface area contributed by atoms with Crippen LogP contribution in [0.3, 0.4) is 0 Å². The van der Waals surface area contributed by atoms with Crippen LogP contribution in [0.5, 0.6) is 0 Å². The Hall–Kier alpha value is -4.57. The Labute approximate surface area is 293 Å². The zero-order chi connectivity index (χ0) is 33.8. The molecule has 0 atom stereocenters. The molecule has 48 heavy (non-hydrogen) atoms. The van der Waals surface area contributed by atoms with Crippen LogP contribution in [0.25, 0.3) is 32.9 Å². The summed E-state index contributed by atoms with van der Waals surface area (Å²) in [6, 6.07) is 27.9. The first-order valence-electron chi connectivity index (χ1n) is 14.9. The van der Waals surface area contributed by atoms with E-state index in [1.807, 2.05) is 67.0 Å². The fourth-order valence-electron chi connectivity index (χ4n) is 5.37. The van der Waals surface area contributed by atoms with E-state index >= 15 is 0 Å². The topological polar surface area (TPSA) is 61.9 Å². The molecule has 2 heterocycles. The number of aromatic nitrogens is 4. The van der Waals surface area contributed by atoms with Gasteiger partial charge in [-0.1, -0.05) is 69.5 Å². The van der Waals surface area contributed by atoms with Gasteiger partial charge < -0.3 is 4.74 Å². The molecule has 6 nitrogen and oxygen atoms in total. The summed E-state index contributed by atoms with van der Waals surface area (Å²) in [5.74, 6) is -1.05. The first kappa shape index (κ1) is 33.3. The number of rotatable bonds is 7. The van der Waals surface area contributed by atoms with Crippen LogP contribution in [0.1, 0.15) is 28.4 Å². The molecule has 5 aromatic carbocycles. The Bertz CT molecular complexity index is 2230. The van der Waals surface area contributed by atoms with Gasteiger partial charge in [-0.25, -0.2) is 13.6 Å². The van der Waals surface area contributed by atoms with Crippen LogP contribution in [0, 0.1) is 11.6 Å². The van der Waals surface area contributed by atoms with Crippen LogP contribution < -0.4 is 0 Å². The van der Waals surface area contributed by atoms with Crippen LogP contribution in [0.4, 0.5) is 8.78 Å². The minimum atomic E-state index is -0.374. The van der Waals surface area contributed by atoms with E-state index in [0.717, 1.165) is 48.5 Å². The minimum Gasteiger partial charge on any atom is -0.462 e. The summed E-state index contributed by atoms with van der Waals surface area (Å²) in [6.45, 7) is 2.99. The number of benzene rings is 5. The molecule has 0 unspecified atom stereocenters. The second-order valence-corrected chi connectivity index (χ2v) is 12.6. The molecule has 2 aromatic heterocycles. The molecule has 0 N–H and O–H groups in total. The fourth-order valence-corrected chi connectivity index (χ4v) is 6.32. The van der Waals surface area contributed by atoms with Crippen LogP contribution in [0.2, 0.25) is 10.0 Å². The van der Waals surface area contributed by atoms with E-state index in [1.165, 1.54) is 24.3 Å². The second kappa shape index (κ2) is 14.7. The summed E-state index contributed by atoms with van der Waals surface area (Å²) in [6.07, 6.45) is 3.85. The van der Waals surface area contributed by atoms with Gasteiger partial charge in [0.2, 0.25) is 0 Å². The van der Waals surface area contributed by atoms with E-state index < -0.39 is 0 Å². The summed E-state index contributed by atoms with van der Waals surface area (Å²) in [5, 5.41) is 11.8. The molecule has 0 aliphatic heterocycles. The average Bonchev–Trinajstić information content (AvgIpc) is 3.64. The highest BCUT2D eigenvalue weighted by atomic mass is 79.9. The van der Waals surface area contributed by atoms with Gasteiger partial charge in [0.1, 0.15) is 11.6 Å². The molecule has 0 aliphatic rings. The molecule has 7 rings (SSSR count). The molecular weight excluding hydrogens is 721 g/mol. The lowest BCUT2D eigenvalue weighted by molar-refractivity contribution is 0.0526. The SMILES string of the molecule is CCOC(=O)c1cccc(-c2cccc3nn(Cc4cc(F)cc(Cl)c4)cc23)c1.Fc1cc(Cl)cc(Cn2cc3c(Br)cccc3n2)c1. The lowest BCUT2D eigenvalue weighted by Gasteiger charge is -2.06. The predicted octanol–water partition coefficient (Wildman–Crippen LogP) is 10.4. The number of carbonyl (C=O) groups is 1. The Morgan fingerprint density at radius 3 is 1.90 bits per heavy atom. The maximum atomic E-state index is 13.6. The standard InChI is InChI=1S/C23H18ClFN2O2.C14H9BrClFN2/c1-2-29-23(28)17-6-3-5-16(11-17)20-7-4-8-22-21(20)14-27(26-22)13-15-9-18(24)12-19(25)10-15;15-13-2-1-3-14-12(13)8-19(18-14)7-9-4-10(16)6-11(17)5-9/h3-12,14H,2,13H2,1H3;1-6,8H,7H2. The van der Waals surface area contributed by atoms with E-state index in [4.69, 9.17) is 27.9 Å². The largest absolute Gasteiger partial charge is 0.462 e. The van der Waals surface area contributed by atoms with Crippen molar-refractivity contribution in [2.24, 2.45) is 0 Å². The highest BCUT2D eigenvalue weighted by molar-refractivity contribution is 9.10. The Morgan fingerprint density at radius 2 is 1.31 bits per heavy atom. The first-order valence-corrected chi connectivity index (χ1v) is 16.5. The van der Waals surface area contributed by atoms with Crippen LogP contribution in [-0.2, 0) is 17.8 Å². The predicted molar refractivity (Wildman–Crippen MR) is 190 cm³/mol. The normalized spacial score (nSPS) is 11.0. The van der Waals surface area contributed by atoms with Crippen LogP contribution in [-0.4, -0.2) is 32.1 Å². The van der Waals surface area contributed by atoms with Crippen molar-refractivity contribution in [2.75, 3.05) is 6.61 Å². The van der Waals surface area contributed by atoms with E-state index in [1.54, 1.807) is 34.5 Å². The lowest BCUT2D eigenvalue weighted by Crippen LogP contribution is -2.04. The molecule has 0 bridgehead atoms. The summed E-state index contributed by atoms with van der Waals surface area (Å²) >= 11 is 15.3. The molecular formula is C37H27BrCl2F2N4O2. The van der Waals surface area contributed by atoms with E-state index in [2.05, 4.69) is 26.1 Å². The number of nitrogens with zero attached hydrogens (tertiary/aromatic N) is 4. The van der Waals surface area contributed by atoms with Crippen molar-refractivity contribution in [1.82, 2.24) is 19.6 Å². The molecule has 0 saturated carbocycles. The number of hydrogen-bond donors (Lipinski definition) is 0. The third kappa shape index (κ3) is 7.93. The van der Waals surface area contributed by atoms with Gasteiger partial charge in [0.25, 0.3) is 0 Å². The highest BCUT2D eigenvalue weighted by Crippen LogP contribution is 2.29. The number of halogens is 5. The van der Waals surface area contributed by atoms with Gasteiger partial charge in [-0.05, 0) is 95.9 Å². The maximum absolute atomic E-state index is 13.6. The van der Waals surface area contributed by atoms with Crippen molar-refractivity contribution in [3.05, 3.63) is 152 Å². The van der Waals surface area contributed by atoms with Gasteiger partial charge in [0.15, 0.2) is 0 Å². The first-order chi connectivity index (χ1) is 23.1. The smallest absolute Gasteiger partial charge is 0.338 e. The number of esters is 1. The Balaban J connectivity index is 0.000000182. The Kier molecular flexibility index (Phi) is 10.2. The van der Waals surface area contributed by atoms with E-state index in [9.17, 15) is 13.6 Å². The molecule has 0 spiro atoms. The van der Waals surface area contributed by atoms with Gasteiger partial charge in [0.05, 0.1) is 36.3 Å². The quantitative estimate of drug-likeness (QED) is 0.152. The van der Waals surface area contributed by atoms with Crippen molar-refractivity contribution in [3.63, 3.8) is 0 Å².